The van der Waals surface area contributed by atoms with Crippen molar-refractivity contribution in [1.29, 1.82) is 0 Å². The SMILES string of the molecule is CN(CCSc1ccccc1)c1ccncn1. The lowest BCUT2D eigenvalue weighted by Crippen LogP contribution is -2.21. The third-order valence-electron chi connectivity index (χ3n) is 2.40. The van der Waals surface area contributed by atoms with Crippen LogP contribution in [-0.2, 0) is 0 Å². The van der Waals surface area contributed by atoms with Gasteiger partial charge in [0.25, 0.3) is 0 Å². The molecular weight excluding hydrogens is 230 g/mol. The minimum atomic E-state index is 0.966. The fourth-order valence-electron chi connectivity index (χ4n) is 1.44. The molecule has 88 valence electrons. The molecule has 17 heavy (non-hydrogen) atoms. The van der Waals surface area contributed by atoms with Crippen molar-refractivity contribution in [1.82, 2.24) is 9.97 Å². The molecule has 1 aromatic heterocycles. The minimum absolute atomic E-state index is 0.966. The van der Waals surface area contributed by atoms with Gasteiger partial charge in [0, 0.05) is 30.4 Å². The summed E-state index contributed by atoms with van der Waals surface area (Å²) in [5.74, 6) is 2.01. The Labute approximate surface area is 106 Å². The van der Waals surface area contributed by atoms with E-state index in [4.69, 9.17) is 0 Å². The summed E-state index contributed by atoms with van der Waals surface area (Å²) in [6.07, 6.45) is 3.35. The smallest absolute Gasteiger partial charge is 0.131 e. The van der Waals surface area contributed by atoms with Crippen molar-refractivity contribution in [3.63, 3.8) is 0 Å². The average Bonchev–Trinajstić information content (AvgIpc) is 2.41. The van der Waals surface area contributed by atoms with Gasteiger partial charge in [-0.1, -0.05) is 18.2 Å². The van der Waals surface area contributed by atoms with E-state index in [1.54, 1.807) is 12.5 Å². The molecule has 1 aromatic carbocycles. The van der Waals surface area contributed by atoms with Gasteiger partial charge >= 0.3 is 0 Å². The number of nitrogens with zero attached hydrogens (tertiary/aromatic N) is 3. The van der Waals surface area contributed by atoms with Gasteiger partial charge in [0.2, 0.25) is 0 Å². The second-order valence-electron chi connectivity index (χ2n) is 3.65. The number of rotatable bonds is 5. The van der Waals surface area contributed by atoms with Gasteiger partial charge in [0.15, 0.2) is 0 Å². The van der Waals surface area contributed by atoms with E-state index in [9.17, 15) is 0 Å². The number of aromatic nitrogens is 2. The Balaban J connectivity index is 1.79. The van der Waals surface area contributed by atoms with Crippen LogP contribution >= 0.6 is 11.8 Å². The van der Waals surface area contributed by atoms with Gasteiger partial charge in [-0.2, -0.15) is 0 Å². The van der Waals surface area contributed by atoms with Crippen molar-refractivity contribution in [3.8, 4) is 0 Å². The van der Waals surface area contributed by atoms with Crippen LogP contribution in [0.4, 0.5) is 5.82 Å². The van der Waals surface area contributed by atoms with Gasteiger partial charge in [0.1, 0.15) is 12.1 Å². The molecule has 0 aliphatic rings. The van der Waals surface area contributed by atoms with Crippen LogP contribution in [0.2, 0.25) is 0 Å². The topological polar surface area (TPSA) is 29.0 Å². The van der Waals surface area contributed by atoms with Crippen LogP contribution in [0.1, 0.15) is 0 Å². The van der Waals surface area contributed by atoms with E-state index in [1.165, 1.54) is 4.90 Å². The summed E-state index contributed by atoms with van der Waals surface area (Å²) < 4.78 is 0. The molecule has 0 unspecified atom stereocenters. The Kier molecular flexibility index (Phi) is 4.38. The summed E-state index contributed by atoms with van der Waals surface area (Å²) >= 11 is 1.86. The molecule has 0 saturated carbocycles. The zero-order valence-electron chi connectivity index (χ0n) is 9.78. The Morgan fingerprint density at radius 1 is 1.18 bits per heavy atom. The first-order chi connectivity index (χ1) is 8.36. The second-order valence-corrected chi connectivity index (χ2v) is 4.82. The van der Waals surface area contributed by atoms with E-state index in [1.807, 2.05) is 30.9 Å². The number of hydrogen-bond acceptors (Lipinski definition) is 4. The summed E-state index contributed by atoms with van der Waals surface area (Å²) in [6.45, 7) is 0.969. The van der Waals surface area contributed by atoms with Crippen molar-refractivity contribution < 1.29 is 0 Å². The van der Waals surface area contributed by atoms with E-state index >= 15 is 0 Å². The molecule has 4 heteroatoms. The fourth-order valence-corrected chi connectivity index (χ4v) is 2.39. The highest BCUT2D eigenvalue weighted by Crippen LogP contribution is 2.17. The molecule has 0 atom stereocenters. The molecule has 3 nitrogen and oxygen atoms in total. The molecule has 2 aromatic rings. The molecule has 0 radical (unpaired) electrons. The molecule has 2 rings (SSSR count). The quantitative estimate of drug-likeness (QED) is 0.757. The largest absolute Gasteiger partial charge is 0.359 e. The Bertz CT molecular complexity index is 433. The van der Waals surface area contributed by atoms with E-state index in [0.29, 0.717) is 0 Å². The predicted molar refractivity (Wildman–Crippen MR) is 72.5 cm³/mol. The third kappa shape index (κ3) is 3.75. The van der Waals surface area contributed by atoms with Crippen LogP contribution in [0.15, 0.2) is 53.8 Å². The first kappa shape index (κ1) is 11.9. The zero-order chi connectivity index (χ0) is 11.9. The number of benzene rings is 1. The van der Waals surface area contributed by atoms with E-state index in [0.717, 1.165) is 18.1 Å². The normalized spacial score (nSPS) is 10.2. The van der Waals surface area contributed by atoms with Gasteiger partial charge in [-0.05, 0) is 18.2 Å². The lowest BCUT2D eigenvalue weighted by atomic mass is 10.4. The van der Waals surface area contributed by atoms with Crippen molar-refractivity contribution in [2.45, 2.75) is 4.90 Å². The van der Waals surface area contributed by atoms with Crippen LogP contribution < -0.4 is 4.90 Å². The van der Waals surface area contributed by atoms with Gasteiger partial charge in [0.05, 0.1) is 0 Å². The van der Waals surface area contributed by atoms with E-state index < -0.39 is 0 Å². The van der Waals surface area contributed by atoms with E-state index in [2.05, 4.69) is 39.1 Å². The van der Waals surface area contributed by atoms with Crippen LogP contribution in [0, 0.1) is 0 Å². The van der Waals surface area contributed by atoms with Crippen molar-refractivity contribution >= 4 is 17.6 Å². The average molecular weight is 245 g/mol. The maximum absolute atomic E-state index is 4.21. The Hall–Kier alpha value is -1.55. The molecule has 0 bridgehead atoms. The highest BCUT2D eigenvalue weighted by molar-refractivity contribution is 7.99. The molecule has 1 heterocycles. The van der Waals surface area contributed by atoms with Crippen LogP contribution in [0.5, 0.6) is 0 Å². The maximum atomic E-state index is 4.21. The van der Waals surface area contributed by atoms with Crippen molar-refractivity contribution in [3.05, 3.63) is 48.9 Å². The lowest BCUT2D eigenvalue weighted by Gasteiger charge is -2.17. The lowest BCUT2D eigenvalue weighted by molar-refractivity contribution is 0.935. The molecule has 0 N–H and O–H groups in total. The molecule has 0 fully saturated rings. The number of hydrogen-bond donors (Lipinski definition) is 0. The predicted octanol–water partition coefficient (Wildman–Crippen LogP) is 2.71. The molecule has 0 amide bonds. The molecule has 0 aliphatic carbocycles. The maximum Gasteiger partial charge on any atom is 0.131 e. The van der Waals surface area contributed by atoms with Crippen molar-refractivity contribution in [2.75, 3.05) is 24.2 Å². The van der Waals surface area contributed by atoms with Crippen molar-refractivity contribution in [2.24, 2.45) is 0 Å². The zero-order valence-corrected chi connectivity index (χ0v) is 10.6. The monoisotopic (exact) mass is 245 g/mol. The minimum Gasteiger partial charge on any atom is -0.359 e. The fraction of sp³-hybridized carbons (Fsp3) is 0.231. The molecule has 0 aliphatic heterocycles. The standard InChI is InChI=1S/C13H15N3S/c1-16(13-7-8-14-11-15-13)9-10-17-12-5-3-2-4-6-12/h2-8,11H,9-10H2,1H3. The number of anilines is 1. The Morgan fingerprint density at radius 2 is 2.00 bits per heavy atom. The van der Waals surface area contributed by atoms with Gasteiger partial charge in [-0.15, -0.1) is 11.8 Å². The number of thioether (sulfide) groups is 1. The van der Waals surface area contributed by atoms with Crippen LogP contribution in [-0.4, -0.2) is 29.3 Å². The highest BCUT2D eigenvalue weighted by atomic mass is 32.2. The molecule has 0 saturated heterocycles. The van der Waals surface area contributed by atoms with Crippen LogP contribution in [0.25, 0.3) is 0 Å². The first-order valence-electron chi connectivity index (χ1n) is 5.51. The Morgan fingerprint density at radius 3 is 2.71 bits per heavy atom. The highest BCUT2D eigenvalue weighted by Gasteiger charge is 2.01. The summed E-state index contributed by atoms with van der Waals surface area (Å²) in [7, 11) is 2.05. The molecular formula is C13H15N3S. The first-order valence-corrected chi connectivity index (χ1v) is 6.50. The van der Waals surface area contributed by atoms with Gasteiger partial charge in [-0.3, -0.25) is 0 Å². The summed E-state index contributed by atoms with van der Waals surface area (Å²) in [4.78, 5) is 11.6. The summed E-state index contributed by atoms with van der Waals surface area (Å²) in [5, 5.41) is 0. The molecule has 0 spiro atoms. The van der Waals surface area contributed by atoms with Crippen LogP contribution in [0.3, 0.4) is 0 Å². The summed E-state index contributed by atoms with van der Waals surface area (Å²) in [6, 6.07) is 12.4. The van der Waals surface area contributed by atoms with Gasteiger partial charge < -0.3 is 4.90 Å². The summed E-state index contributed by atoms with van der Waals surface area (Å²) in [5.41, 5.74) is 0. The van der Waals surface area contributed by atoms with E-state index in [-0.39, 0.29) is 0 Å². The second kappa shape index (κ2) is 6.25. The van der Waals surface area contributed by atoms with Gasteiger partial charge in [-0.25, -0.2) is 9.97 Å². The third-order valence-corrected chi connectivity index (χ3v) is 3.39.